The van der Waals surface area contributed by atoms with Gasteiger partial charge in [0.15, 0.2) is 31.5 Å². The Morgan fingerprint density at radius 1 is 0.462 bits per heavy atom. The number of hydrogen-bond donors (Lipinski definition) is 22. The van der Waals surface area contributed by atoms with E-state index in [2.05, 4.69) is 16.0 Å². The molecule has 0 spiro atoms. The van der Waals surface area contributed by atoms with E-state index in [4.69, 9.17) is 66.3 Å². The minimum Gasteiger partial charge on any atom is -0.410 e. The highest BCUT2D eigenvalue weighted by molar-refractivity contribution is 5.74. The molecule has 22 N–H and O–H groups in total. The van der Waals surface area contributed by atoms with Crippen LogP contribution in [0, 0.1) is 5.92 Å². The zero-order chi connectivity index (χ0) is 68.8. The Morgan fingerprint density at radius 3 is 1.29 bits per heavy atom. The molecule has 0 aliphatic carbocycles. The van der Waals surface area contributed by atoms with Crippen LogP contribution in [0.3, 0.4) is 0 Å². The second-order valence-electron chi connectivity index (χ2n) is 23.7. The summed E-state index contributed by atoms with van der Waals surface area (Å²) in [7, 11) is 0. The van der Waals surface area contributed by atoms with Crippen molar-refractivity contribution >= 4 is 24.2 Å². The molecule has 0 radical (unpaired) electrons. The molecule has 0 aromatic heterocycles. The molecule has 7 heterocycles. The van der Waals surface area contributed by atoms with E-state index in [0.717, 1.165) is 13.8 Å². The minimum atomic E-state index is -2.81. The molecule has 0 aromatic carbocycles. The van der Waals surface area contributed by atoms with Crippen molar-refractivity contribution in [3.8, 4) is 0 Å². The third-order valence-electron chi connectivity index (χ3n) is 17.2. The van der Waals surface area contributed by atoms with E-state index in [0.29, 0.717) is 0 Å². The van der Waals surface area contributed by atoms with Crippen LogP contribution in [-0.2, 0) is 85.5 Å². The van der Waals surface area contributed by atoms with Crippen molar-refractivity contribution in [3.05, 3.63) is 0 Å². The van der Waals surface area contributed by atoms with Gasteiger partial charge in [-0.05, 0) is 6.92 Å². The molecule has 538 valence electrons. The van der Waals surface area contributed by atoms with Crippen LogP contribution in [0.1, 0.15) is 41.0 Å². The van der Waals surface area contributed by atoms with Gasteiger partial charge in [0.05, 0.1) is 77.0 Å². The second-order valence-corrected chi connectivity index (χ2v) is 23.7. The second kappa shape index (κ2) is 33.4. The Bertz CT molecular complexity index is 2380. The van der Waals surface area contributed by atoms with Crippen LogP contribution in [0.2, 0.25) is 0 Å². The molecular weight excluding hydrogens is 1270 g/mol. The smallest absolute Gasteiger partial charge is 0.332 e. The van der Waals surface area contributed by atoms with Gasteiger partial charge in [-0.15, -0.1) is 0 Å². The van der Waals surface area contributed by atoms with Crippen molar-refractivity contribution in [1.82, 2.24) is 16.0 Å². The molecule has 7 aliphatic heterocycles. The predicted molar refractivity (Wildman–Crippen MR) is 290 cm³/mol. The molecule has 7 saturated heterocycles. The van der Waals surface area contributed by atoms with Gasteiger partial charge in [-0.1, -0.05) is 6.92 Å². The number of aliphatic hydroxyl groups is 19. The third-order valence-corrected chi connectivity index (χ3v) is 17.2. The Hall–Kier alpha value is -3.40. The molecule has 0 saturated carbocycles. The van der Waals surface area contributed by atoms with Crippen LogP contribution < -0.4 is 16.0 Å². The van der Waals surface area contributed by atoms with Crippen molar-refractivity contribution < 1.29 is 183 Å². The van der Waals surface area contributed by atoms with Gasteiger partial charge in [0.1, 0.15) is 152 Å². The van der Waals surface area contributed by atoms with E-state index in [9.17, 15) is 116 Å². The summed E-state index contributed by atoms with van der Waals surface area (Å²) in [5.41, 5.74) is 0. The fraction of sp³-hybridized carbons (Fsp3) is 0.925. The van der Waals surface area contributed by atoms with Crippen molar-refractivity contribution in [3.63, 3.8) is 0 Å². The molecular formula is C53H89N3O37. The number of aliphatic hydroxyl groups excluding tert-OH is 19. The van der Waals surface area contributed by atoms with Gasteiger partial charge < -0.3 is 179 Å². The molecule has 93 heavy (non-hydrogen) atoms. The van der Waals surface area contributed by atoms with Gasteiger partial charge in [-0.25, -0.2) is 0 Å². The lowest BCUT2D eigenvalue weighted by Gasteiger charge is -2.51. The largest absolute Gasteiger partial charge is 0.410 e. The van der Waals surface area contributed by atoms with Gasteiger partial charge >= 0.3 is 5.97 Å². The molecule has 7 fully saturated rings. The lowest BCUT2D eigenvalue weighted by molar-refractivity contribution is -0.448. The molecule has 13 unspecified atom stereocenters. The zero-order valence-corrected chi connectivity index (χ0v) is 50.8. The Morgan fingerprint density at radius 2 is 0.839 bits per heavy atom. The maximum absolute atomic E-state index is 12.9. The van der Waals surface area contributed by atoms with Gasteiger partial charge in [0, 0.05) is 26.7 Å². The molecule has 0 bridgehead atoms. The highest BCUT2D eigenvalue weighted by atomic mass is 16.9. The van der Waals surface area contributed by atoms with Crippen molar-refractivity contribution in [2.45, 2.75) is 255 Å². The maximum Gasteiger partial charge on any atom is 0.332 e. The first-order chi connectivity index (χ1) is 44.0. The summed E-state index contributed by atoms with van der Waals surface area (Å²) in [6.07, 6.45) is -60.5. The predicted octanol–water partition coefficient (Wildman–Crippen LogP) is -14.2. The van der Waals surface area contributed by atoms with Gasteiger partial charge in [0.2, 0.25) is 17.7 Å². The highest BCUT2D eigenvalue weighted by Crippen LogP contribution is 2.42. The van der Waals surface area contributed by atoms with Crippen LogP contribution in [0.4, 0.5) is 0 Å². The number of ether oxygens (including phenoxy) is 14. The standard InChI is InChI=1S/C53H89N3O37/c1-15-20(68)6-53(80-14-64,92-41(15)31(70)21(69)7-57)93-46-34(73)24(10-60)83-51(40(46)79)89-44-27(13-63)86-49(30(37(44)76)56-19(5)67)91-47-38(77)32(71)22(8-58)84-52(47)90-45-33(72)23(9-59)82-50(39(45)78)88-43-26(12-62)85-48(29(36(43)75)55-18(4)66)87-42-25(11-61)81-16(2)28(35(42)74)54-17(3)65/h14-16,20-52,57-63,68-79H,6-13H2,1-5H3,(H,54,65)(H,55,66)(H,56,67)/t15-,16+,20+,21+,22-,23?,24?,25?,26?,27?,28?,29?,30?,31-,32+,33+,34+,35-,36-,37-,38?,39?,40?,41?,42+,43+,44+,45+,46+,47?,48+,49+,50+,51+,52+,53+/m1/s1. The minimum absolute atomic E-state index is 0.221. The van der Waals surface area contributed by atoms with Crippen LogP contribution >= 0.6 is 0 Å². The van der Waals surface area contributed by atoms with E-state index in [1.807, 2.05) is 0 Å². The van der Waals surface area contributed by atoms with Crippen molar-refractivity contribution in [1.29, 1.82) is 0 Å². The average molecular weight is 1360 g/mol. The number of hydrogen-bond acceptors (Lipinski definition) is 37. The fourth-order valence-electron chi connectivity index (χ4n) is 12.3. The Labute approximate surface area is 529 Å². The van der Waals surface area contributed by atoms with Crippen LogP contribution in [0.5, 0.6) is 0 Å². The summed E-state index contributed by atoms with van der Waals surface area (Å²) in [6.45, 7) is -1.37. The number of rotatable bonds is 26. The average Bonchev–Trinajstić information content (AvgIpc) is 0.775. The lowest BCUT2D eigenvalue weighted by atomic mass is 9.87. The summed E-state index contributed by atoms with van der Waals surface area (Å²) in [6, 6.07) is -4.75. The number of carbonyl (C=O) groups is 4. The highest BCUT2D eigenvalue weighted by Gasteiger charge is 2.61. The lowest BCUT2D eigenvalue weighted by Crippen LogP contribution is -2.71. The molecule has 7 rings (SSSR count). The van der Waals surface area contributed by atoms with Crippen molar-refractivity contribution in [2.24, 2.45) is 5.92 Å². The molecule has 40 nitrogen and oxygen atoms in total. The van der Waals surface area contributed by atoms with Gasteiger partial charge in [0.25, 0.3) is 6.47 Å². The third kappa shape index (κ3) is 17.0. The first-order valence-electron chi connectivity index (χ1n) is 29.9. The summed E-state index contributed by atoms with van der Waals surface area (Å²) < 4.78 is 81.9. The van der Waals surface area contributed by atoms with Crippen LogP contribution in [-0.4, -0.2) is 382 Å². The maximum atomic E-state index is 12.9. The number of nitrogens with one attached hydrogen (secondary N) is 3. The van der Waals surface area contributed by atoms with E-state index < -0.39 is 291 Å². The number of amides is 3. The van der Waals surface area contributed by atoms with E-state index in [-0.39, 0.29) is 6.47 Å². The van der Waals surface area contributed by atoms with Crippen LogP contribution in [0.15, 0.2) is 0 Å². The molecule has 3 amide bonds. The SMILES string of the molecule is CC(=O)NC1[C@H](O[C@H]2C(CO)O[C@@H](C)C(NC(C)=O)[C@H]2O)OC(CO)[C@H](O[C@@H]2OC(CO)[C@H](O)[C@H](O[C@@H]3O[C@H](CO)[C@H](O)C(O)C3O[C@@H]3OC(CO)[C@H](O[C@@H]4OC(CO)[C@H](O)[C@H](O[C@]5(OC=O)C[C@H](O)[C@@H](C)C([C@H](O)[C@@H](O)CO)O5)C4O)[C@H](O)C3NC(C)=O)C2O)[C@@H]1O. The molecule has 7 aliphatic rings. The van der Waals surface area contributed by atoms with E-state index in [1.54, 1.807) is 0 Å². The molecule has 0 aromatic rings. The first kappa shape index (κ1) is 77.0. The summed E-state index contributed by atoms with van der Waals surface area (Å²) in [5, 5.41) is 217. The van der Waals surface area contributed by atoms with Gasteiger partial charge in [-0.3, -0.25) is 19.2 Å². The summed E-state index contributed by atoms with van der Waals surface area (Å²) in [5.74, 6) is -6.18. The Kier molecular flexibility index (Phi) is 27.7. The number of carbonyl (C=O) groups excluding carboxylic acids is 4. The Balaban J connectivity index is 1.12. The van der Waals surface area contributed by atoms with Crippen LogP contribution in [0.25, 0.3) is 0 Å². The van der Waals surface area contributed by atoms with E-state index in [1.165, 1.54) is 20.8 Å². The fourth-order valence-corrected chi connectivity index (χ4v) is 12.3. The van der Waals surface area contributed by atoms with Gasteiger partial charge in [-0.2, -0.15) is 0 Å². The zero-order valence-electron chi connectivity index (χ0n) is 50.8. The first-order valence-corrected chi connectivity index (χ1v) is 29.9. The molecule has 40 heteroatoms. The quantitative estimate of drug-likeness (QED) is 0.0282. The molecule has 36 atom stereocenters. The van der Waals surface area contributed by atoms with E-state index >= 15 is 0 Å². The summed E-state index contributed by atoms with van der Waals surface area (Å²) in [4.78, 5) is 49.5. The topological polar surface area (TPSA) is 618 Å². The summed E-state index contributed by atoms with van der Waals surface area (Å²) >= 11 is 0. The normalized spacial score (nSPS) is 47.2. The monoisotopic (exact) mass is 1360 g/mol. The van der Waals surface area contributed by atoms with Crippen molar-refractivity contribution in [2.75, 3.05) is 46.2 Å².